The lowest BCUT2D eigenvalue weighted by molar-refractivity contribution is -0.384. The van der Waals surface area contributed by atoms with E-state index in [4.69, 9.17) is 20.8 Å². The van der Waals surface area contributed by atoms with Crippen LogP contribution in [0.1, 0.15) is 18.9 Å². The Hall–Kier alpha value is -2.97. The molecule has 8 nitrogen and oxygen atoms in total. The van der Waals surface area contributed by atoms with E-state index in [0.717, 1.165) is 5.75 Å². The maximum atomic E-state index is 10.7. The summed E-state index contributed by atoms with van der Waals surface area (Å²) in [4.78, 5) is 12.3. The fraction of sp³-hybridized carbons (Fsp3) is 0.263. The van der Waals surface area contributed by atoms with Crippen LogP contribution in [-0.4, -0.2) is 40.2 Å². The first kappa shape index (κ1) is 19.8. The molecule has 1 heterocycles. The molecule has 3 rings (SSSR count). The van der Waals surface area contributed by atoms with Gasteiger partial charge in [0.15, 0.2) is 0 Å². The highest BCUT2D eigenvalue weighted by molar-refractivity contribution is 6.30. The second kappa shape index (κ2) is 8.81. The van der Waals surface area contributed by atoms with Crippen molar-refractivity contribution in [3.63, 3.8) is 0 Å². The summed E-state index contributed by atoms with van der Waals surface area (Å²) in [5.74, 6) is 1.54. The predicted molar refractivity (Wildman–Crippen MR) is 104 cm³/mol. The molecule has 0 radical (unpaired) electrons. The fourth-order valence-electron chi connectivity index (χ4n) is 2.47. The lowest BCUT2D eigenvalue weighted by Crippen LogP contribution is -2.27. The third kappa shape index (κ3) is 4.85. The van der Waals surface area contributed by atoms with Crippen LogP contribution in [0, 0.1) is 10.1 Å². The van der Waals surface area contributed by atoms with Crippen LogP contribution in [0.4, 0.5) is 5.69 Å². The summed E-state index contributed by atoms with van der Waals surface area (Å²) in [6, 6.07) is 13.1. The van der Waals surface area contributed by atoms with Gasteiger partial charge in [-0.2, -0.15) is 0 Å². The molecule has 0 bridgehead atoms. The van der Waals surface area contributed by atoms with Crippen molar-refractivity contribution in [1.82, 2.24) is 15.1 Å². The van der Waals surface area contributed by atoms with Gasteiger partial charge in [-0.25, -0.2) is 0 Å². The molecule has 0 fully saturated rings. The smallest absolute Gasteiger partial charge is 0.269 e. The SMILES string of the molecule is C[C@@H](c1nnc(-c2ccc([N+](=O)[O-])cc2)o1)N(C)CCOc1ccc(Cl)cc1. The largest absolute Gasteiger partial charge is 0.492 e. The van der Waals surface area contributed by atoms with Crippen LogP contribution >= 0.6 is 11.6 Å². The summed E-state index contributed by atoms with van der Waals surface area (Å²) in [7, 11) is 1.94. The molecular formula is C19H19ClN4O4. The van der Waals surface area contributed by atoms with Crippen molar-refractivity contribution in [3.8, 4) is 17.2 Å². The van der Waals surface area contributed by atoms with Gasteiger partial charge in [0.05, 0.1) is 11.0 Å². The van der Waals surface area contributed by atoms with E-state index in [0.29, 0.717) is 35.5 Å². The maximum Gasteiger partial charge on any atom is 0.269 e. The standard InChI is InChI=1S/C19H19ClN4O4/c1-13(23(2)11-12-27-17-9-5-15(20)6-10-17)18-21-22-19(28-18)14-3-7-16(8-4-14)24(25)26/h3-10,13H,11-12H2,1-2H3/t13-/m0/s1. The Bertz CT molecular complexity index is 928. The molecule has 3 aromatic rings. The zero-order valence-electron chi connectivity index (χ0n) is 15.4. The van der Waals surface area contributed by atoms with Crippen molar-refractivity contribution >= 4 is 17.3 Å². The van der Waals surface area contributed by atoms with Crippen LogP contribution in [0.15, 0.2) is 52.9 Å². The average Bonchev–Trinajstić information content (AvgIpc) is 3.19. The Morgan fingerprint density at radius 2 is 1.86 bits per heavy atom. The Labute approximate surface area is 166 Å². The summed E-state index contributed by atoms with van der Waals surface area (Å²) < 4.78 is 11.4. The number of nitro benzene ring substituents is 1. The summed E-state index contributed by atoms with van der Waals surface area (Å²) in [6.07, 6.45) is 0. The van der Waals surface area contributed by atoms with Crippen molar-refractivity contribution < 1.29 is 14.1 Å². The third-order valence-corrected chi connectivity index (χ3v) is 4.56. The molecule has 0 N–H and O–H groups in total. The first-order valence-electron chi connectivity index (χ1n) is 8.61. The van der Waals surface area contributed by atoms with Gasteiger partial charge in [-0.05, 0) is 50.4 Å². The fourth-order valence-corrected chi connectivity index (χ4v) is 2.59. The van der Waals surface area contributed by atoms with E-state index in [1.807, 2.05) is 31.0 Å². The topological polar surface area (TPSA) is 94.5 Å². The van der Waals surface area contributed by atoms with Crippen LogP contribution in [-0.2, 0) is 0 Å². The molecule has 28 heavy (non-hydrogen) atoms. The Morgan fingerprint density at radius 3 is 2.50 bits per heavy atom. The van der Waals surface area contributed by atoms with E-state index in [1.54, 1.807) is 24.3 Å². The van der Waals surface area contributed by atoms with Gasteiger partial charge in [0.1, 0.15) is 12.4 Å². The Morgan fingerprint density at radius 1 is 1.18 bits per heavy atom. The van der Waals surface area contributed by atoms with Gasteiger partial charge in [0.2, 0.25) is 11.8 Å². The molecule has 1 aromatic heterocycles. The number of nitro groups is 1. The Kier molecular flexibility index (Phi) is 6.23. The van der Waals surface area contributed by atoms with Crippen molar-refractivity contribution in [2.75, 3.05) is 20.2 Å². The number of nitrogens with zero attached hydrogens (tertiary/aromatic N) is 4. The van der Waals surface area contributed by atoms with Crippen molar-refractivity contribution in [2.45, 2.75) is 13.0 Å². The van der Waals surface area contributed by atoms with Crippen LogP contribution in [0.5, 0.6) is 5.75 Å². The number of ether oxygens (including phenoxy) is 1. The number of aromatic nitrogens is 2. The monoisotopic (exact) mass is 402 g/mol. The predicted octanol–water partition coefficient (Wildman–Crippen LogP) is 4.37. The summed E-state index contributed by atoms with van der Waals surface area (Å²) >= 11 is 5.86. The summed E-state index contributed by atoms with van der Waals surface area (Å²) in [5, 5.41) is 19.5. The lowest BCUT2D eigenvalue weighted by Gasteiger charge is -2.21. The zero-order chi connectivity index (χ0) is 20.1. The summed E-state index contributed by atoms with van der Waals surface area (Å²) in [6.45, 7) is 3.10. The number of hydrogen-bond donors (Lipinski definition) is 0. The molecule has 0 aliphatic heterocycles. The van der Waals surface area contributed by atoms with Gasteiger partial charge < -0.3 is 9.15 Å². The summed E-state index contributed by atoms with van der Waals surface area (Å²) in [5.41, 5.74) is 0.641. The van der Waals surface area contributed by atoms with Crippen LogP contribution in [0.3, 0.4) is 0 Å². The number of halogens is 1. The highest BCUT2D eigenvalue weighted by Crippen LogP contribution is 2.25. The number of rotatable bonds is 8. The molecule has 0 saturated heterocycles. The number of hydrogen-bond acceptors (Lipinski definition) is 7. The van der Waals surface area contributed by atoms with E-state index in [1.165, 1.54) is 12.1 Å². The molecule has 2 aromatic carbocycles. The van der Waals surface area contributed by atoms with Gasteiger partial charge >= 0.3 is 0 Å². The normalized spacial score (nSPS) is 12.1. The molecule has 0 amide bonds. The zero-order valence-corrected chi connectivity index (χ0v) is 16.2. The van der Waals surface area contributed by atoms with E-state index >= 15 is 0 Å². The van der Waals surface area contributed by atoms with E-state index in [-0.39, 0.29) is 11.7 Å². The molecule has 0 spiro atoms. The number of benzene rings is 2. The van der Waals surface area contributed by atoms with Gasteiger partial charge in [0.25, 0.3) is 5.69 Å². The van der Waals surface area contributed by atoms with E-state index in [9.17, 15) is 10.1 Å². The van der Waals surface area contributed by atoms with E-state index in [2.05, 4.69) is 10.2 Å². The van der Waals surface area contributed by atoms with Crippen LogP contribution < -0.4 is 4.74 Å². The molecule has 146 valence electrons. The molecular weight excluding hydrogens is 384 g/mol. The first-order valence-corrected chi connectivity index (χ1v) is 8.98. The molecule has 1 atom stereocenters. The Balaban J connectivity index is 1.57. The van der Waals surface area contributed by atoms with E-state index < -0.39 is 4.92 Å². The third-order valence-electron chi connectivity index (χ3n) is 4.31. The van der Waals surface area contributed by atoms with Crippen molar-refractivity contribution in [3.05, 3.63) is 69.6 Å². The molecule has 0 saturated carbocycles. The maximum absolute atomic E-state index is 10.7. The first-order chi connectivity index (χ1) is 13.4. The second-order valence-corrected chi connectivity index (χ2v) is 6.64. The molecule has 0 aliphatic rings. The quantitative estimate of drug-likeness (QED) is 0.407. The van der Waals surface area contributed by atoms with Crippen LogP contribution in [0.2, 0.25) is 5.02 Å². The van der Waals surface area contributed by atoms with Crippen LogP contribution in [0.25, 0.3) is 11.5 Å². The van der Waals surface area contributed by atoms with Crippen molar-refractivity contribution in [1.29, 1.82) is 0 Å². The second-order valence-electron chi connectivity index (χ2n) is 6.21. The van der Waals surface area contributed by atoms with Gasteiger partial charge in [-0.3, -0.25) is 15.0 Å². The highest BCUT2D eigenvalue weighted by atomic mass is 35.5. The number of non-ortho nitro benzene ring substituents is 1. The van der Waals surface area contributed by atoms with Crippen molar-refractivity contribution in [2.24, 2.45) is 0 Å². The highest BCUT2D eigenvalue weighted by Gasteiger charge is 2.19. The minimum absolute atomic E-state index is 0.0114. The van der Waals surface area contributed by atoms with Gasteiger partial charge in [-0.15, -0.1) is 10.2 Å². The van der Waals surface area contributed by atoms with Gasteiger partial charge in [0, 0.05) is 29.3 Å². The molecule has 9 heteroatoms. The molecule has 0 aliphatic carbocycles. The lowest BCUT2D eigenvalue weighted by atomic mass is 10.2. The van der Waals surface area contributed by atoms with Gasteiger partial charge in [-0.1, -0.05) is 11.6 Å². The number of likely N-dealkylation sites (N-methyl/N-ethyl adjacent to an activating group) is 1. The minimum Gasteiger partial charge on any atom is -0.492 e. The average molecular weight is 403 g/mol. The molecule has 0 unspecified atom stereocenters. The minimum atomic E-state index is -0.452.